The Morgan fingerprint density at radius 1 is 1.12 bits per heavy atom. The van der Waals surface area contributed by atoms with Crippen molar-refractivity contribution in [3.8, 4) is 5.75 Å². The van der Waals surface area contributed by atoms with Crippen LogP contribution < -0.4 is 10.1 Å². The van der Waals surface area contributed by atoms with E-state index < -0.39 is 11.9 Å². The quantitative estimate of drug-likeness (QED) is 0.812. The number of para-hydroxylation sites is 1. The lowest BCUT2D eigenvalue weighted by atomic mass is 9.98. The minimum atomic E-state index is -0.952. The number of benzene rings is 2. The van der Waals surface area contributed by atoms with Crippen LogP contribution in [-0.4, -0.2) is 30.6 Å². The van der Waals surface area contributed by atoms with Crippen molar-refractivity contribution in [3.05, 3.63) is 64.7 Å². The van der Waals surface area contributed by atoms with Crippen LogP contribution in [0.25, 0.3) is 0 Å². The molecule has 0 fully saturated rings. The first kappa shape index (κ1) is 18.5. The van der Waals surface area contributed by atoms with Gasteiger partial charge >= 0.3 is 5.97 Å². The molecule has 0 aliphatic heterocycles. The number of aliphatic carboxylic acids is 1. The Morgan fingerprint density at radius 2 is 1.76 bits per heavy atom. The van der Waals surface area contributed by atoms with Crippen LogP contribution in [-0.2, 0) is 11.2 Å². The third-order valence-corrected chi connectivity index (χ3v) is 4.00. The molecule has 25 heavy (non-hydrogen) atoms. The highest BCUT2D eigenvalue weighted by Crippen LogP contribution is 2.21. The van der Waals surface area contributed by atoms with Crippen molar-refractivity contribution in [1.29, 1.82) is 0 Å². The van der Waals surface area contributed by atoms with Gasteiger partial charge in [-0.25, -0.2) is 0 Å². The van der Waals surface area contributed by atoms with Crippen molar-refractivity contribution in [2.24, 2.45) is 5.92 Å². The van der Waals surface area contributed by atoms with Gasteiger partial charge in [-0.05, 0) is 44.0 Å². The second-order valence-corrected chi connectivity index (χ2v) is 6.14. The summed E-state index contributed by atoms with van der Waals surface area (Å²) in [5.74, 6) is -1.30. The molecule has 5 nitrogen and oxygen atoms in total. The third-order valence-electron chi connectivity index (χ3n) is 4.00. The predicted octanol–water partition coefficient (Wildman–Crippen LogP) is 2.99. The number of carboxylic acids is 1. The van der Waals surface area contributed by atoms with E-state index in [2.05, 4.69) is 5.32 Å². The Morgan fingerprint density at radius 3 is 2.36 bits per heavy atom. The molecule has 1 unspecified atom stereocenters. The molecular formula is C20H23NO4. The summed E-state index contributed by atoms with van der Waals surface area (Å²) >= 11 is 0. The number of aryl methyl sites for hydroxylation is 2. The van der Waals surface area contributed by atoms with Gasteiger partial charge in [0.15, 0.2) is 0 Å². The van der Waals surface area contributed by atoms with Crippen molar-refractivity contribution < 1.29 is 19.4 Å². The molecule has 0 radical (unpaired) electrons. The molecule has 0 aromatic heterocycles. The lowest BCUT2D eigenvalue weighted by Crippen LogP contribution is -2.34. The topological polar surface area (TPSA) is 75.6 Å². The minimum Gasteiger partial charge on any atom is -0.496 e. The van der Waals surface area contributed by atoms with Gasteiger partial charge < -0.3 is 15.2 Å². The molecule has 132 valence electrons. The largest absolute Gasteiger partial charge is 0.496 e. The SMILES string of the molecule is COc1ccccc1CC(CNC(=O)c1cc(C)cc(C)c1)C(=O)O. The Labute approximate surface area is 147 Å². The molecule has 5 heteroatoms. The maximum absolute atomic E-state index is 12.3. The van der Waals surface area contributed by atoms with Gasteiger partial charge in [0.2, 0.25) is 0 Å². The van der Waals surface area contributed by atoms with Crippen LogP contribution in [0.2, 0.25) is 0 Å². The summed E-state index contributed by atoms with van der Waals surface area (Å²) in [6.07, 6.45) is 0.284. The first-order valence-corrected chi connectivity index (χ1v) is 8.12. The maximum Gasteiger partial charge on any atom is 0.308 e. The fourth-order valence-electron chi connectivity index (χ4n) is 2.81. The first-order valence-electron chi connectivity index (χ1n) is 8.12. The zero-order chi connectivity index (χ0) is 18.4. The van der Waals surface area contributed by atoms with E-state index in [0.717, 1.165) is 16.7 Å². The number of amides is 1. The minimum absolute atomic E-state index is 0.0548. The number of carbonyl (C=O) groups excluding carboxylic acids is 1. The number of hydrogen-bond donors (Lipinski definition) is 2. The maximum atomic E-state index is 12.3. The number of carboxylic acid groups (broad SMARTS) is 1. The summed E-state index contributed by atoms with van der Waals surface area (Å²) in [4.78, 5) is 23.9. The Balaban J connectivity index is 2.06. The number of methoxy groups -OCH3 is 1. The second-order valence-electron chi connectivity index (χ2n) is 6.14. The lowest BCUT2D eigenvalue weighted by Gasteiger charge is -2.16. The number of hydrogen-bond acceptors (Lipinski definition) is 3. The molecule has 0 bridgehead atoms. The van der Waals surface area contributed by atoms with Crippen LogP contribution in [0.15, 0.2) is 42.5 Å². The van der Waals surface area contributed by atoms with Gasteiger partial charge in [0.25, 0.3) is 5.91 Å². The van der Waals surface area contributed by atoms with Crippen LogP contribution in [0.5, 0.6) is 5.75 Å². The average Bonchev–Trinajstić information content (AvgIpc) is 2.57. The highest BCUT2D eigenvalue weighted by atomic mass is 16.5. The monoisotopic (exact) mass is 341 g/mol. The molecule has 0 heterocycles. The van der Waals surface area contributed by atoms with E-state index in [0.29, 0.717) is 11.3 Å². The number of rotatable bonds is 7. The summed E-state index contributed by atoms with van der Waals surface area (Å²) < 4.78 is 5.27. The zero-order valence-corrected chi connectivity index (χ0v) is 14.7. The molecule has 2 aromatic carbocycles. The van der Waals surface area contributed by atoms with E-state index in [1.54, 1.807) is 25.3 Å². The summed E-state index contributed by atoms with van der Waals surface area (Å²) in [7, 11) is 1.55. The van der Waals surface area contributed by atoms with Crippen LogP contribution in [0.4, 0.5) is 0 Å². The molecule has 2 N–H and O–H groups in total. The van der Waals surface area contributed by atoms with E-state index in [1.807, 2.05) is 38.1 Å². The van der Waals surface area contributed by atoms with Gasteiger partial charge in [-0.2, -0.15) is 0 Å². The highest BCUT2D eigenvalue weighted by molar-refractivity contribution is 5.94. The molecule has 0 aliphatic carbocycles. The third kappa shape index (κ3) is 5.08. The van der Waals surface area contributed by atoms with Gasteiger partial charge in [0.1, 0.15) is 5.75 Å². The van der Waals surface area contributed by atoms with Gasteiger partial charge in [-0.3, -0.25) is 9.59 Å². The molecule has 1 atom stereocenters. The Hall–Kier alpha value is -2.82. The Kier molecular flexibility index (Phi) is 6.17. The van der Waals surface area contributed by atoms with Crippen molar-refractivity contribution in [1.82, 2.24) is 5.32 Å². The van der Waals surface area contributed by atoms with Crippen LogP contribution in [0.1, 0.15) is 27.0 Å². The summed E-state index contributed by atoms with van der Waals surface area (Å²) in [6.45, 7) is 3.90. The summed E-state index contributed by atoms with van der Waals surface area (Å²) in [5, 5.41) is 12.2. The normalized spacial score (nSPS) is 11.6. The highest BCUT2D eigenvalue weighted by Gasteiger charge is 2.21. The van der Waals surface area contributed by atoms with E-state index in [9.17, 15) is 14.7 Å². The standard InChI is InChI=1S/C20H23NO4/c1-13-8-14(2)10-16(9-13)19(22)21-12-17(20(23)24)11-15-6-4-5-7-18(15)25-3/h4-10,17H,11-12H2,1-3H3,(H,21,22)(H,23,24). The van der Waals surface area contributed by atoms with Gasteiger partial charge in [-0.1, -0.05) is 35.4 Å². The fraction of sp³-hybridized carbons (Fsp3) is 0.300. The van der Waals surface area contributed by atoms with Crippen LogP contribution in [0, 0.1) is 19.8 Å². The summed E-state index contributed by atoms with van der Waals surface area (Å²) in [5.41, 5.74) is 3.33. The number of ether oxygens (including phenoxy) is 1. The summed E-state index contributed by atoms with van der Waals surface area (Å²) in [6, 6.07) is 12.9. The van der Waals surface area contributed by atoms with E-state index in [4.69, 9.17) is 4.74 Å². The van der Waals surface area contributed by atoms with Crippen LogP contribution >= 0.6 is 0 Å². The zero-order valence-electron chi connectivity index (χ0n) is 14.7. The van der Waals surface area contributed by atoms with Gasteiger partial charge in [-0.15, -0.1) is 0 Å². The van der Waals surface area contributed by atoms with Crippen molar-refractivity contribution in [3.63, 3.8) is 0 Å². The average molecular weight is 341 g/mol. The molecule has 0 saturated carbocycles. The molecule has 2 rings (SSSR count). The van der Waals surface area contributed by atoms with Gasteiger partial charge in [0.05, 0.1) is 13.0 Å². The van der Waals surface area contributed by atoms with E-state index in [-0.39, 0.29) is 18.9 Å². The predicted molar refractivity (Wildman–Crippen MR) is 96.1 cm³/mol. The van der Waals surface area contributed by atoms with Crippen molar-refractivity contribution >= 4 is 11.9 Å². The van der Waals surface area contributed by atoms with Crippen molar-refractivity contribution in [2.45, 2.75) is 20.3 Å². The molecule has 2 aromatic rings. The van der Waals surface area contributed by atoms with E-state index >= 15 is 0 Å². The molecule has 1 amide bonds. The number of nitrogens with one attached hydrogen (secondary N) is 1. The molecule has 0 spiro atoms. The van der Waals surface area contributed by atoms with Crippen molar-refractivity contribution in [2.75, 3.05) is 13.7 Å². The second kappa shape index (κ2) is 8.33. The smallest absolute Gasteiger partial charge is 0.308 e. The molecular weight excluding hydrogens is 318 g/mol. The van der Waals surface area contributed by atoms with Gasteiger partial charge in [0, 0.05) is 12.1 Å². The molecule has 0 saturated heterocycles. The fourth-order valence-corrected chi connectivity index (χ4v) is 2.81. The van der Waals surface area contributed by atoms with E-state index in [1.165, 1.54) is 0 Å². The lowest BCUT2D eigenvalue weighted by molar-refractivity contribution is -0.141. The van der Waals surface area contributed by atoms with Crippen LogP contribution in [0.3, 0.4) is 0 Å². The molecule has 0 aliphatic rings. The number of carbonyl (C=O) groups is 2. The Bertz CT molecular complexity index is 750. The first-order chi connectivity index (χ1) is 11.9.